The first kappa shape index (κ1) is 20.6. The monoisotopic (exact) mass is 436 g/mol. The van der Waals surface area contributed by atoms with E-state index >= 15 is 0 Å². The number of anilines is 1. The molecule has 1 amide bonds. The number of nitrogens with zero attached hydrogens (tertiary/aromatic N) is 5. The molecule has 2 aliphatic heterocycles. The number of hydrazone groups is 1. The summed E-state index contributed by atoms with van der Waals surface area (Å²) in [5.41, 5.74) is 1.53. The Bertz CT molecular complexity index is 1070. The minimum atomic E-state index is -1.22. The summed E-state index contributed by atoms with van der Waals surface area (Å²) in [6.07, 6.45) is 6.35. The van der Waals surface area contributed by atoms with Crippen LogP contribution in [0.1, 0.15) is 12.5 Å². The fraction of sp³-hybridized carbons (Fsp3) is 0.190. The van der Waals surface area contributed by atoms with Gasteiger partial charge in [0.15, 0.2) is 0 Å². The van der Waals surface area contributed by atoms with Gasteiger partial charge in [-0.25, -0.2) is 14.8 Å². The lowest BCUT2D eigenvalue weighted by Crippen LogP contribution is -2.66. The number of carbonyl (C=O) groups is 2. The van der Waals surface area contributed by atoms with Gasteiger partial charge in [-0.2, -0.15) is 5.10 Å². The maximum absolute atomic E-state index is 12.9. The van der Waals surface area contributed by atoms with Gasteiger partial charge < -0.3 is 10.1 Å². The molecule has 1 unspecified atom stereocenters. The number of para-hydroxylation sites is 1. The highest BCUT2D eigenvalue weighted by Gasteiger charge is 2.54. The van der Waals surface area contributed by atoms with Crippen molar-refractivity contribution in [3.63, 3.8) is 0 Å². The van der Waals surface area contributed by atoms with E-state index in [1.165, 1.54) is 11.0 Å². The van der Waals surface area contributed by atoms with Crippen LogP contribution in [0.4, 0.5) is 5.69 Å². The third-order valence-corrected chi connectivity index (χ3v) is 5.84. The third kappa shape index (κ3) is 4.02. The normalized spacial score (nSPS) is 20.6. The second-order valence-corrected chi connectivity index (χ2v) is 7.73. The fourth-order valence-corrected chi connectivity index (χ4v) is 4.19. The first-order chi connectivity index (χ1) is 15.0. The van der Waals surface area contributed by atoms with E-state index < -0.39 is 11.1 Å². The van der Waals surface area contributed by atoms with E-state index in [1.807, 2.05) is 30.3 Å². The molecule has 0 aliphatic carbocycles. The molecule has 1 atom stereocenters. The molecule has 1 aromatic heterocycles. The molecular formula is C21H20N6O3S. The number of likely N-dealkylation sites (N-methyl/N-ethyl adjacent to an activating group) is 1. The summed E-state index contributed by atoms with van der Waals surface area (Å²) in [5.74, 6) is -0.493. The zero-order chi connectivity index (χ0) is 21.8. The maximum Gasteiger partial charge on any atom is 0.365 e. The molecule has 1 aromatic carbocycles. The van der Waals surface area contributed by atoms with Gasteiger partial charge >= 0.3 is 5.97 Å². The number of pyridine rings is 1. The van der Waals surface area contributed by atoms with Crippen LogP contribution in [0.2, 0.25) is 0 Å². The maximum atomic E-state index is 12.9. The minimum absolute atomic E-state index is 0.136. The highest BCUT2D eigenvalue weighted by molar-refractivity contribution is 8.17. The average molecular weight is 436 g/mol. The van der Waals surface area contributed by atoms with E-state index in [0.717, 1.165) is 17.3 Å². The lowest BCUT2D eigenvalue weighted by atomic mass is 10.3. The molecule has 31 heavy (non-hydrogen) atoms. The smallest absolute Gasteiger partial charge is 0.365 e. The Balaban J connectivity index is 1.71. The first-order valence-corrected chi connectivity index (χ1v) is 10.4. The molecule has 0 saturated heterocycles. The zero-order valence-electron chi connectivity index (χ0n) is 16.9. The summed E-state index contributed by atoms with van der Waals surface area (Å²) in [7, 11) is 1.64. The van der Waals surface area contributed by atoms with Gasteiger partial charge in [-0.3, -0.25) is 14.7 Å². The van der Waals surface area contributed by atoms with E-state index in [0.29, 0.717) is 11.5 Å². The van der Waals surface area contributed by atoms with Crippen LogP contribution in [0.5, 0.6) is 0 Å². The molecule has 2 aliphatic rings. The van der Waals surface area contributed by atoms with E-state index in [1.54, 1.807) is 49.7 Å². The number of esters is 1. The number of thioether (sulfide) groups is 1. The van der Waals surface area contributed by atoms with Crippen molar-refractivity contribution >= 4 is 40.6 Å². The van der Waals surface area contributed by atoms with E-state index in [9.17, 15) is 9.59 Å². The number of aromatic nitrogens is 1. The van der Waals surface area contributed by atoms with Gasteiger partial charge in [-0.05, 0) is 48.5 Å². The highest BCUT2D eigenvalue weighted by atomic mass is 32.2. The molecule has 0 radical (unpaired) electrons. The van der Waals surface area contributed by atoms with Crippen LogP contribution < -0.4 is 10.3 Å². The Morgan fingerprint density at radius 1 is 1.26 bits per heavy atom. The van der Waals surface area contributed by atoms with Crippen molar-refractivity contribution in [3.8, 4) is 0 Å². The molecule has 2 aromatic rings. The summed E-state index contributed by atoms with van der Waals surface area (Å²) in [4.78, 5) is 35.2. The van der Waals surface area contributed by atoms with E-state index in [4.69, 9.17) is 4.74 Å². The molecular weight excluding hydrogens is 416 g/mol. The van der Waals surface area contributed by atoms with E-state index in [2.05, 4.69) is 20.4 Å². The number of nitrogens with one attached hydrogen (secondary N) is 1. The molecule has 0 fully saturated rings. The number of carbonyl (C=O) groups excluding carboxylic acids is 2. The van der Waals surface area contributed by atoms with Gasteiger partial charge in [-0.15, -0.1) is 0 Å². The Morgan fingerprint density at radius 2 is 2.00 bits per heavy atom. The third-order valence-electron chi connectivity index (χ3n) is 4.56. The van der Waals surface area contributed by atoms with Crippen LogP contribution in [0, 0.1) is 0 Å². The molecule has 10 heteroatoms. The lowest BCUT2D eigenvalue weighted by molar-refractivity contribution is -0.134. The van der Waals surface area contributed by atoms with Crippen LogP contribution in [-0.4, -0.2) is 51.8 Å². The Morgan fingerprint density at radius 3 is 2.71 bits per heavy atom. The van der Waals surface area contributed by atoms with Crippen molar-refractivity contribution in [1.29, 1.82) is 0 Å². The molecule has 9 nitrogen and oxygen atoms in total. The van der Waals surface area contributed by atoms with Crippen LogP contribution in [0.25, 0.3) is 0 Å². The topological polar surface area (TPSA) is 99.5 Å². The summed E-state index contributed by atoms with van der Waals surface area (Å²) in [6, 6.07) is 12.9. The van der Waals surface area contributed by atoms with Gasteiger partial charge in [0, 0.05) is 31.7 Å². The van der Waals surface area contributed by atoms with Crippen molar-refractivity contribution in [2.45, 2.75) is 12.0 Å². The molecule has 1 N–H and O–H groups in total. The second-order valence-electron chi connectivity index (χ2n) is 6.57. The molecule has 0 bridgehead atoms. The standard InChI is InChI=1S/C21H20N6O3S/c1-3-30-20(29)19-25-27(16-7-5-4-6-8-16)21(31-19)24-17(13-18(28)26(21)2)23-14-15-9-11-22-12-10-15/h4-14,24H,3H2,1-2H3/b23-14-. The Labute approximate surface area is 183 Å². The highest BCUT2D eigenvalue weighted by Crippen LogP contribution is 2.43. The minimum Gasteiger partial charge on any atom is -0.461 e. The number of ether oxygens (including phenoxy) is 1. The first-order valence-electron chi connectivity index (χ1n) is 9.55. The SMILES string of the molecule is CCOC(=O)C1=NN(c2ccccc2)C2(NC(/N=C\c3ccncc3)=CC(=O)N2C)S1. The quantitative estimate of drug-likeness (QED) is 0.566. The summed E-state index contributed by atoms with van der Waals surface area (Å²) < 4.78 is 5.14. The van der Waals surface area contributed by atoms with Crippen molar-refractivity contribution in [2.24, 2.45) is 10.1 Å². The molecule has 4 rings (SSSR count). The number of hydrogen-bond acceptors (Lipinski definition) is 9. The predicted molar refractivity (Wildman–Crippen MR) is 119 cm³/mol. The van der Waals surface area contributed by atoms with E-state index in [-0.39, 0.29) is 17.6 Å². The van der Waals surface area contributed by atoms with Crippen LogP contribution >= 0.6 is 11.8 Å². The molecule has 3 heterocycles. The van der Waals surface area contributed by atoms with Gasteiger partial charge in [0.05, 0.1) is 12.3 Å². The van der Waals surface area contributed by atoms with Crippen molar-refractivity contribution in [3.05, 3.63) is 72.3 Å². The van der Waals surface area contributed by atoms with Gasteiger partial charge in [0.25, 0.3) is 11.0 Å². The van der Waals surface area contributed by atoms with Crippen molar-refractivity contribution in [2.75, 3.05) is 18.7 Å². The lowest BCUT2D eigenvalue weighted by Gasteiger charge is -2.45. The Kier molecular flexibility index (Phi) is 5.72. The zero-order valence-corrected chi connectivity index (χ0v) is 17.7. The number of amides is 1. The van der Waals surface area contributed by atoms with Crippen molar-refractivity contribution < 1.29 is 14.3 Å². The number of benzene rings is 1. The fourth-order valence-electron chi connectivity index (χ4n) is 3.04. The van der Waals surface area contributed by atoms with Crippen LogP contribution in [0.3, 0.4) is 0 Å². The number of hydrogen-bond donors (Lipinski definition) is 1. The van der Waals surface area contributed by atoms with Crippen LogP contribution in [-0.2, 0) is 14.3 Å². The average Bonchev–Trinajstić information content (AvgIpc) is 3.17. The summed E-state index contributed by atoms with van der Waals surface area (Å²) in [6.45, 7) is 1.95. The molecule has 1 spiro atoms. The van der Waals surface area contributed by atoms with Gasteiger partial charge in [0.2, 0.25) is 5.04 Å². The van der Waals surface area contributed by atoms with Crippen molar-refractivity contribution in [1.82, 2.24) is 15.2 Å². The summed E-state index contributed by atoms with van der Waals surface area (Å²) in [5, 5.41) is 8.27. The summed E-state index contributed by atoms with van der Waals surface area (Å²) >= 11 is 1.09. The largest absolute Gasteiger partial charge is 0.461 e. The second kappa shape index (κ2) is 8.60. The van der Waals surface area contributed by atoms with Crippen LogP contribution in [0.15, 0.2) is 76.8 Å². The number of aliphatic imine (C=N–C) groups is 1. The predicted octanol–water partition coefficient (Wildman–Crippen LogP) is 2.14. The Hall–Kier alpha value is -3.66. The number of rotatable bonds is 5. The molecule has 0 saturated carbocycles. The molecule has 158 valence electrons. The van der Waals surface area contributed by atoms with Gasteiger partial charge in [0.1, 0.15) is 5.82 Å². The van der Waals surface area contributed by atoms with Gasteiger partial charge in [-0.1, -0.05) is 18.2 Å².